The maximum absolute atomic E-state index is 13.2. The van der Waals surface area contributed by atoms with E-state index in [4.69, 9.17) is 9.47 Å². The molecular weight excluding hydrogens is 313 g/mol. The van der Waals surface area contributed by atoms with E-state index >= 15 is 0 Å². The first kappa shape index (κ1) is 18.2. The lowest BCUT2D eigenvalue weighted by atomic mass is 9.81. The third kappa shape index (κ3) is 4.46. The second-order valence-corrected chi connectivity index (χ2v) is 5.99. The van der Waals surface area contributed by atoms with Crippen LogP contribution < -0.4 is 0 Å². The van der Waals surface area contributed by atoms with Crippen LogP contribution in [0.2, 0.25) is 0 Å². The summed E-state index contributed by atoms with van der Waals surface area (Å²) in [6.07, 6.45) is 1.91. The minimum Gasteiger partial charge on any atom is -0.469 e. The van der Waals surface area contributed by atoms with Crippen LogP contribution in [0.3, 0.4) is 0 Å². The van der Waals surface area contributed by atoms with Crippen LogP contribution in [0.1, 0.15) is 37.7 Å². The summed E-state index contributed by atoms with van der Waals surface area (Å²) in [5, 5.41) is 0. The maximum atomic E-state index is 13.2. The summed E-state index contributed by atoms with van der Waals surface area (Å²) in [5.74, 6) is -1.21. The molecule has 0 radical (unpaired) electrons. The van der Waals surface area contributed by atoms with Crippen molar-refractivity contribution in [2.75, 3.05) is 26.8 Å². The standard InChI is InChI=1S/C18H24FNO4/c1-3-4-11-24-18(22)20-10-9-15(17(21)23-2)16(12-20)13-5-7-14(19)8-6-13/h5-8,15-16H,3-4,9-12H2,1-2H3. The molecule has 0 aliphatic carbocycles. The van der Waals surface area contributed by atoms with E-state index in [2.05, 4.69) is 0 Å². The Labute approximate surface area is 141 Å². The van der Waals surface area contributed by atoms with Crippen molar-refractivity contribution in [3.05, 3.63) is 35.6 Å². The Morgan fingerprint density at radius 2 is 2.00 bits per heavy atom. The van der Waals surface area contributed by atoms with E-state index in [0.29, 0.717) is 26.1 Å². The number of hydrogen-bond acceptors (Lipinski definition) is 4. The van der Waals surface area contributed by atoms with Gasteiger partial charge in [-0.1, -0.05) is 25.5 Å². The monoisotopic (exact) mass is 337 g/mol. The van der Waals surface area contributed by atoms with Gasteiger partial charge in [-0.15, -0.1) is 0 Å². The molecule has 6 heteroatoms. The van der Waals surface area contributed by atoms with Gasteiger partial charge in [0.05, 0.1) is 19.6 Å². The van der Waals surface area contributed by atoms with E-state index < -0.39 is 0 Å². The molecule has 24 heavy (non-hydrogen) atoms. The van der Waals surface area contributed by atoms with Gasteiger partial charge in [0, 0.05) is 19.0 Å². The first-order valence-corrected chi connectivity index (χ1v) is 8.31. The zero-order valence-electron chi connectivity index (χ0n) is 14.2. The van der Waals surface area contributed by atoms with Gasteiger partial charge in [0.15, 0.2) is 0 Å². The number of rotatable bonds is 5. The average Bonchev–Trinajstić information content (AvgIpc) is 2.61. The molecule has 0 N–H and O–H groups in total. The molecule has 0 aromatic heterocycles. The summed E-state index contributed by atoms with van der Waals surface area (Å²) in [6.45, 7) is 3.23. The van der Waals surface area contributed by atoms with Gasteiger partial charge < -0.3 is 14.4 Å². The van der Waals surface area contributed by atoms with Crippen molar-refractivity contribution in [1.82, 2.24) is 4.90 Å². The van der Waals surface area contributed by atoms with E-state index in [9.17, 15) is 14.0 Å². The van der Waals surface area contributed by atoms with Crippen molar-refractivity contribution in [3.8, 4) is 0 Å². The Balaban J connectivity index is 2.12. The van der Waals surface area contributed by atoms with Gasteiger partial charge in [-0.2, -0.15) is 0 Å². The van der Waals surface area contributed by atoms with E-state index in [1.807, 2.05) is 6.92 Å². The Bertz CT molecular complexity index is 561. The van der Waals surface area contributed by atoms with E-state index in [1.54, 1.807) is 17.0 Å². The smallest absolute Gasteiger partial charge is 0.409 e. The van der Waals surface area contributed by atoms with E-state index in [0.717, 1.165) is 18.4 Å². The molecule has 0 bridgehead atoms. The molecule has 0 saturated carbocycles. The van der Waals surface area contributed by atoms with Gasteiger partial charge in [-0.05, 0) is 30.5 Å². The number of esters is 1. The molecule has 132 valence electrons. The van der Waals surface area contributed by atoms with Crippen molar-refractivity contribution in [1.29, 1.82) is 0 Å². The normalized spacial score (nSPS) is 20.5. The lowest BCUT2D eigenvalue weighted by molar-refractivity contribution is -0.147. The van der Waals surface area contributed by atoms with Gasteiger partial charge in [0.2, 0.25) is 0 Å². The number of methoxy groups -OCH3 is 1. The fourth-order valence-electron chi connectivity index (χ4n) is 2.99. The van der Waals surface area contributed by atoms with Crippen LogP contribution in [0.15, 0.2) is 24.3 Å². The van der Waals surface area contributed by atoms with Crippen LogP contribution in [0.4, 0.5) is 9.18 Å². The van der Waals surface area contributed by atoms with Crippen molar-refractivity contribution in [2.24, 2.45) is 5.92 Å². The number of ether oxygens (including phenoxy) is 2. The number of amides is 1. The van der Waals surface area contributed by atoms with Gasteiger partial charge in [0.25, 0.3) is 0 Å². The number of piperidine rings is 1. The van der Waals surface area contributed by atoms with Gasteiger partial charge in [-0.3, -0.25) is 4.79 Å². The van der Waals surface area contributed by atoms with Crippen LogP contribution in [0, 0.1) is 11.7 Å². The summed E-state index contributed by atoms with van der Waals surface area (Å²) in [7, 11) is 1.36. The predicted octanol–water partition coefficient (Wildman–Crippen LogP) is 3.34. The summed E-state index contributed by atoms with van der Waals surface area (Å²) in [6, 6.07) is 6.04. The quantitative estimate of drug-likeness (QED) is 0.611. The van der Waals surface area contributed by atoms with Crippen molar-refractivity contribution >= 4 is 12.1 Å². The van der Waals surface area contributed by atoms with E-state index in [1.165, 1.54) is 19.2 Å². The van der Waals surface area contributed by atoms with Crippen molar-refractivity contribution in [3.63, 3.8) is 0 Å². The molecule has 2 atom stereocenters. The van der Waals surface area contributed by atoms with Gasteiger partial charge in [0.1, 0.15) is 5.82 Å². The molecule has 1 amide bonds. The molecule has 1 fully saturated rings. The molecule has 1 saturated heterocycles. The Morgan fingerprint density at radius 3 is 2.62 bits per heavy atom. The highest BCUT2D eigenvalue weighted by molar-refractivity contribution is 5.75. The highest BCUT2D eigenvalue weighted by Crippen LogP contribution is 2.33. The van der Waals surface area contributed by atoms with Crippen molar-refractivity contribution in [2.45, 2.75) is 32.1 Å². The van der Waals surface area contributed by atoms with Crippen LogP contribution in [0.5, 0.6) is 0 Å². The summed E-state index contributed by atoms with van der Waals surface area (Å²) in [5.41, 5.74) is 0.817. The SMILES string of the molecule is CCCCOC(=O)N1CCC(C(=O)OC)C(c2ccc(F)cc2)C1. The Kier molecular flexibility index (Phi) is 6.58. The average molecular weight is 337 g/mol. The number of benzene rings is 1. The molecule has 1 aromatic rings. The summed E-state index contributed by atoms with van der Waals surface area (Å²) >= 11 is 0. The number of unbranched alkanes of at least 4 members (excludes halogenated alkanes) is 1. The molecule has 5 nitrogen and oxygen atoms in total. The Hall–Kier alpha value is -2.11. The maximum Gasteiger partial charge on any atom is 0.409 e. The van der Waals surface area contributed by atoms with Crippen LogP contribution in [0.25, 0.3) is 0 Å². The molecule has 1 aromatic carbocycles. The molecule has 1 aliphatic heterocycles. The number of carbonyl (C=O) groups excluding carboxylic acids is 2. The van der Waals surface area contributed by atoms with Crippen LogP contribution in [-0.2, 0) is 14.3 Å². The summed E-state index contributed by atoms with van der Waals surface area (Å²) < 4.78 is 23.3. The van der Waals surface area contributed by atoms with E-state index in [-0.39, 0.29) is 29.7 Å². The molecule has 1 heterocycles. The number of nitrogens with zero attached hydrogens (tertiary/aromatic N) is 1. The third-order valence-corrected chi connectivity index (χ3v) is 4.40. The van der Waals surface area contributed by atoms with Gasteiger partial charge in [-0.25, -0.2) is 9.18 Å². The largest absolute Gasteiger partial charge is 0.469 e. The molecule has 2 rings (SSSR count). The molecule has 1 aliphatic rings. The topological polar surface area (TPSA) is 55.8 Å². The number of carbonyl (C=O) groups is 2. The summed E-state index contributed by atoms with van der Waals surface area (Å²) in [4.78, 5) is 25.9. The second kappa shape index (κ2) is 8.66. The Morgan fingerprint density at radius 1 is 1.29 bits per heavy atom. The fourth-order valence-corrected chi connectivity index (χ4v) is 2.99. The highest BCUT2D eigenvalue weighted by Gasteiger charge is 2.37. The minimum atomic E-state index is -0.362. The number of likely N-dealkylation sites (tertiary alicyclic amines) is 1. The molecular formula is C18H24FNO4. The highest BCUT2D eigenvalue weighted by atomic mass is 19.1. The molecule has 2 unspecified atom stereocenters. The predicted molar refractivity (Wildman–Crippen MR) is 87.1 cm³/mol. The van der Waals surface area contributed by atoms with Crippen LogP contribution >= 0.6 is 0 Å². The lowest BCUT2D eigenvalue weighted by Gasteiger charge is -2.36. The zero-order chi connectivity index (χ0) is 17.5. The minimum absolute atomic E-state index is 0.231. The lowest BCUT2D eigenvalue weighted by Crippen LogP contribution is -2.45. The zero-order valence-corrected chi connectivity index (χ0v) is 14.2. The number of hydrogen-bond donors (Lipinski definition) is 0. The first-order valence-electron chi connectivity index (χ1n) is 8.31. The second-order valence-electron chi connectivity index (χ2n) is 5.99. The van der Waals surface area contributed by atoms with Crippen molar-refractivity contribution < 1.29 is 23.5 Å². The fraction of sp³-hybridized carbons (Fsp3) is 0.556. The van der Waals surface area contributed by atoms with Crippen LogP contribution in [-0.4, -0.2) is 43.8 Å². The third-order valence-electron chi connectivity index (χ3n) is 4.40. The van der Waals surface area contributed by atoms with Gasteiger partial charge >= 0.3 is 12.1 Å². The first-order chi connectivity index (χ1) is 11.6. The number of halogens is 1. The molecule has 0 spiro atoms.